The normalized spacial score (nSPS) is 21.6. The molecule has 3 N–H and O–H groups in total. The Balaban J connectivity index is 1.72. The Hall–Kier alpha value is -1.95. The molecule has 28 heavy (non-hydrogen) atoms. The molecule has 0 unspecified atom stereocenters. The first-order chi connectivity index (χ1) is 13.2. The van der Waals surface area contributed by atoms with Crippen LogP contribution in [-0.4, -0.2) is 94.8 Å². The number of carboxylic acids is 1. The zero-order chi connectivity index (χ0) is 20.5. The van der Waals surface area contributed by atoms with E-state index < -0.39 is 17.9 Å². The third kappa shape index (κ3) is 4.22. The van der Waals surface area contributed by atoms with Gasteiger partial charge >= 0.3 is 12.7 Å². The predicted molar refractivity (Wildman–Crippen MR) is 105 cm³/mol. The van der Waals surface area contributed by atoms with Crippen LogP contribution in [0.15, 0.2) is 12.1 Å². The van der Waals surface area contributed by atoms with Gasteiger partial charge in [0.2, 0.25) is 5.91 Å². The van der Waals surface area contributed by atoms with Crippen LogP contribution in [0.1, 0.15) is 15.9 Å². The average molecular weight is 411 g/mol. The van der Waals surface area contributed by atoms with E-state index in [4.69, 9.17) is 9.39 Å². The highest BCUT2D eigenvalue weighted by Gasteiger charge is 2.41. The van der Waals surface area contributed by atoms with Gasteiger partial charge in [-0.2, -0.15) is 11.8 Å². The van der Waals surface area contributed by atoms with Crippen molar-refractivity contribution in [2.24, 2.45) is 0 Å². The number of aromatic carboxylic acids is 1. The number of thioether (sulfide) groups is 1. The highest BCUT2D eigenvalue weighted by atomic mass is 32.2. The van der Waals surface area contributed by atoms with Gasteiger partial charge in [-0.1, -0.05) is 6.07 Å². The summed E-state index contributed by atoms with van der Waals surface area (Å²) >= 11 is 1.11. The molecule has 3 rings (SSSR count). The summed E-state index contributed by atoms with van der Waals surface area (Å²) in [5, 5.41) is 29.5. The lowest BCUT2D eigenvalue weighted by molar-refractivity contribution is -0.129. The number of carbonyl (C=O) groups excluding carboxylic acids is 1. The van der Waals surface area contributed by atoms with E-state index in [9.17, 15) is 24.7 Å². The van der Waals surface area contributed by atoms with Crippen LogP contribution in [0.5, 0.6) is 11.5 Å². The van der Waals surface area contributed by atoms with E-state index in [1.165, 1.54) is 13.2 Å². The van der Waals surface area contributed by atoms with Gasteiger partial charge < -0.3 is 34.3 Å². The Labute approximate surface area is 167 Å². The molecule has 2 heterocycles. The van der Waals surface area contributed by atoms with Gasteiger partial charge in [-0.25, -0.2) is 4.79 Å². The number of hydrogen-bond acceptors (Lipinski definition) is 8. The van der Waals surface area contributed by atoms with Crippen molar-refractivity contribution in [3.05, 3.63) is 23.3 Å². The summed E-state index contributed by atoms with van der Waals surface area (Å²) in [6.45, 7) is -0.424. The minimum atomic E-state index is -3.34. The van der Waals surface area contributed by atoms with E-state index in [2.05, 4.69) is 4.90 Å². The van der Waals surface area contributed by atoms with Gasteiger partial charge in [0.05, 0.1) is 18.6 Å². The molecule has 1 saturated heterocycles. The molecule has 0 radical (unpaired) electrons. The van der Waals surface area contributed by atoms with E-state index in [1.807, 2.05) is 7.05 Å². The lowest BCUT2D eigenvalue weighted by Crippen LogP contribution is -2.57. The topological polar surface area (TPSA) is 120 Å². The number of ether oxygens (including phenoxy) is 1. The Kier molecular flexibility index (Phi) is 6.08. The number of benzene rings is 1. The summed E-state index contributed by atoms with van der Waals surface area (Å²) < 4.78 is 10.4. The number of carboxylic acid groups (broad SMARTS) is 1. The third-order valence-electron chi connectivity index (χ3n) is 5.11. The maximum atomic E-state index is 12.4. The summed E-state index contributed by atoms with van der Waals surface area (Å²) in [6, 6.07) is 3.15. The number of piperazine rings is 1. The van der Waals surface area contributed by atoms with Crippen molar-refractivity contribution in [1.82, 2.24) is 9.80 Å². The second kappa shape index (κ2) is 8.20. The molecule has 0 spiro atoms. The Morgan fingerprint density at radius 2 is 1.96 bits per heavy atom. The van der Waals surface area contributed by atoms with Gasteiger partial charge in [-0.3, -0.25) is 4.79 Å². The maximum Gasteiger partial charge on any atom is 0.443 e. The standard InChI is InChI=1S/C17H24BN2O7S/c1-19-5-7-20(8-6-19)14(21)10-28-13-9-11-3-4-12(26-2)15(17(22)23)16(11)27-18(13,24)25/h3-4,13,24-25H,5-10H2,1-2H3,(H,22,23)/q-1/t13-/m0/s1. The molecule has 0 aliphatic carbocycles. The van der Waals surface area contributed by atoms with Crippen LogP contribution in [0.4, 0.5) is 0 Å². The van der Waals surface area contributed by atoms with Crippen LogP contribution in [0, 0.1) is 0 Å². The smallest absolute Gasteiger partial charge is 0.443 e. The second-order valence-corrected chi connectivity index (χ2v) is 8.28. The first kappa shape index (κ1) is 20.8. The van der Waals surface area contributed by atoms with Gasteiger partial charge in [0.25, 0.3) is 0 Å². The minimum Gasteiger partial charge on any atom is -0.669 e. The highest BCUT2D eigenvalue weighted by Crippen LogP contribution is 2.40. The Morgan fingerprint density at radius 1 is 1.29 bits per heavy atom. The average Bonchev–Trinajstić information content (AvgIpc) is 2.64. The fourth-order valence-corrected chi connectivity index (χ4v) is 4.55. The maximum absolute atomic E-state index is 12.4. The molecule has 1 aromatic carbocycles. The third-order valence-corrected chi connectivity index (χ3v) is 6.47. The van der Waals surface area contributed by atoms with E-state index in [1.54, 1.807) is 11.0 Å². The summed E-state index contributed by atoms with van der Waals surface area (Å²) in [7, 11) is 3.33. The van der Waals surface area contributed by atoms with Crippen molar-refractivity contribution >= 4 is 30.4 Å². The SMILES string of the molecule is COc1ccc2c(c1C(=O)O)O[B-](O)(O)[C@@H](SCC(=O)N1CCN(C)CC1)C2. The molecule has 2 aliphatic rings. The van der Waals surface area contributed by atoms with Gasteiger partial charge in [0.1, 0.15) is 11.3 Å². The van der Waals surface area contributed by atoms with Crippen LogP contribution in [0.3, 0.4) is 0 Å². The molecular weight excluding hydrogens is 387 g/mol. The van der Waals surface area contributed by atoms with Crippen LogP contribution in [0.25, 0.3) is 0 Å². The van der Waals surface area contributed by atoms with Crippen LogP contribution in [-0.2, 0) is 11.2 Å². The van der Waals surface area contributed by atoms with Crippen molar-refractivity contribution in [3.8, 4) is 11.5 Å². The van der Waals surface area contributed by atoms with E-state index in [-0.39, 0.29) is 35.1 Å². The molecule has 154 valence electrons. The lowest BCUT2D eigenvalue weighted by atomic mass is 9.69. The molecule has 11 heteroatoms. The summed E-state index contributed by atoms with van der Waals surface area (Å²) in [5.41, 5.74) is 0.287. The zero-order valence-corrected chi connectivity index (χ0v) is 16.6. The first-order valence-corrected chi connectivity index (χ1v) is 10.1. The Bertz CT molecular complexity index is 768. The van der Waals surface area contributed by atoms with Crippen LogP contribution < -0.4 is 9.39 Å². The van der Waals surface area contributed by atoms with Gasteiger partial charge in [-0.15, -0.1) is 0 Å². The molecule has 0 aromatic heterocycles. The van der Waals surface area contributed by atoms with E-state index in [0.29, 0.717) is 18.7 Å². The quantitative estimate of drug-likeness (QED) is 0.560. The molecule has 1 fully saturated rings. The van der Waals surface area contributed by atoms with Crippen LogP contribution in [0.2, 0.25) is 0 Å². The molecule has 1 atom stereocenters. The molecular formula is C17H24BN2O7S-. The monoisotopic (exact) mass is 411 g/mol. The molecule has 1 amide bonds. The number of nitrogens with zero attached hydrogens (tertiary/aromatic N) is 2. The molecule has 2 aliphatic heterocycles. The van der Waals surface area contributed by atoms with Gasteiger partial charge in [-0.05, 0) is 30.2 Å². The number of rotatable bonds is 5. The molecule has 1 aromatic rings. The summed E-state index contributed by atoms with van der Waals surface area (Å²) in [6.07, 6.45) is 0.174. The van der Waals surface area contributed by atoms with Gasteiger partial charge in [0, 0.05) is 26.2 Å². The number of fused-ring (bicyclic) bond motifs is 1. The lowest BCUT2D eigenvalue weighted by Gasteiger charge is -2.43. The van der Waals surface area contributed by atoms with Crippen molar-refractivity contribution in [3.63, 3.8) is 0 Å². The van der Waals surface area contributed by atoms with Crippen molar-refractivity contribution in [1.29, 1.82) is 0 Å². The Morgan fingerprint density at radius 3 is 2.57 bits per heavy atom. The van der Waals surface area contributed by atoms with Gasteiger partial charge in [0.15, 0.2) is 0 Å². The first-order valence-electron chi connectivity index (χ1n) is 9.02. The fraction of sp³-hybridized carbons (Fsp3) is 0.529. The van der Waals surface area contributed by atoms with E-state index >= 15 is 0 Å². The van der Waals surface area contributed by atoms with Crippen molar-refractivity contribution in [2.75, 3.05) is 46.1 Å². The van der Waals surface area contributed by atoms with Crippen molar-refractivity contribution < 1.29 is 34.1 Å². The number of likely N-dealkylation sites (N-methyl/N-ethyl adjacent to an activating group) is 1. The summed E-state index contributed by atoms with van der Waals surface area (Å²) in [5.74, 6) is -1.26. The number of amides is 1. The summed E-state index contributed by atoms with van der Waals surface area (Å²) in [4.78, 5) is 27.9. The molecule has 0 bridgehead atoms. The van der Waals surface area contributed by atoms with Crippen LogP contribution >= 0.6 is 11.8 Å². The largest absolute Gasteiger partial charge is 0.669 e. The fourth-order valence-electron chi connectivity index (χ4n) is 3.41. The minimum absolute atomic E-state index is 0.0588. The molecule has 9 nitrogen and oxygen atoms in total. The second-order valence-electron chi connectivity index (χ2n) is 7.05. The number of carbonyl (C=O) groups is 2. The number of hydrogen-bond donors (Lipinski definition) is 3. The number of methoxy groups -OCH3 is 1. The van der Waals surface area contributed by atoms with Crippen molar-refractivity contribution in [2.45, 2.75) is 11.6 Å². The highest BCUT2D eigenvalue weighted by molar-refractivity contribution is 8.02. The zero-order valence-electron chi connectivity index (χ0n) is 15.8. The van der Waals surface area contributed by atoms with E-state index in [0.717, 1.165) is 24.9 Å². The molecule has 0 saturated carbocycles. The predicted octanol–water partition coefficient (Wildman–Crippen LogP) is -0.333.